The van der Waals surface area contributed by atoms with Crippen LogP contribution in [0.3, 0.4) is 0 Å². The van der Waals surface area contributed by atoms with Crippen LogP contribution in [0.2, 0.25) is 0 Å². The second-order valence-corrected chi connectivity index (χ2v) is 9.62. The van der Waals surface area contributed by atoms with Gasteiger partial charge in [-0.1, -0.05) is 48.9 Å². The lowest BCUT2D eigenvalue weighted by Gasteiger charge is -2.14. The van der Waals surface area contributed by atoms with Gasteiger partial charge in [0.1, 0.15) is 12.3 Å². The van der Waals surface area contributed by atoms with E-state index in [-0.39, 0.29) is 24.1 Å². The van der Waals surface area contributed by atoms with Gasteiger partial charge in [-0.2, -0.15) is 5.10 Å². The maximum absolute atomic E-state index is 13.2. The molecule has 0 bridgehead atoms. The Morgan fingerprint density at radius 1 is 1.14 bits per heavy atom. The molecule has 35 heavy (non-hydrogen) atoms. The van der Waals surface area contributed by atoms with Crippen molar-refractivity contribution in [2.75, 3.05) is 27.8 Å². The van der Waals surface area contributed by atoms with E-state index < -0.39 is 5.97 Å². The predicted molar refractivity (Wildman–Crippen MR) is 137 cm³/mol. The second-order valence-electron chi connectivity index (χ2n) is 8.61. The number of amides is 1. The lowest BCUT2D eigenvalue weighted by molar-refractivity contribution is -0.141. The quantitative estimate of drug-likeness (QED) is 0.343. The molecule has 0 spiro atoms. The molecule has 0 aliphatic rings. The number of carbonyl (C=O) groups is 2. The van der Waals surface area contributed by atoms with E-state index in [1.807, 2.05) is 49.4 Å². The minimum Gasteiger partial charge on any atom is -0.497 e. The molecule has 0 saturated heterocycles. The van der Waals surface area contributed by atoms with Gasteiger partial charge in [0.25, 0.3) is 5.91 Å². The zero-order valence-electron chi connectivity index (χ0n) is 20.7. The minimum absolute atomic E-state index is 0.162. The highest BCUT2D eigenvalue weighted by molar-refractivity contribution is 7.14. The number of rotatable bonds is 7. The smallest absolute Gasteiger partial charge is 0.325 e. The van der Waals surface area contributed by atoms with Gasteiger partial charge in [-0.05, 0) is 37.1 Å². The number of carbonyl (C=O) groups excluding carboxylic acids is 2. The van der Waals surface area contributed by atoms with Crippen LogP contribution in [0.15, 0.2) is 42.5 Å². The Bertz CT molecular complexity index is 1410. The summed E-state index contributed by atoms with van der Waals surface area (Å²) in [6, 6.07) is 13.7. The van der Waals surface area contributed by atoms with Crippen molar-refractivity contribution in [3.05, 3.63) is 58.6 Å². The van der Waals surface area contributed by atoms with E-state index in [1.165, 1.54) is 12.0 Å². The predicted octanol–water partition coefficient (Wildman–Crippen LogP) is 4.83. The molecule has 2 heterocycles. The monoisotopic (exact) mass is 492 g/mol. The molecule has 2 aromatic heterocycles. The molecule has 0 radical (unpaired) electrons. The Hall–Kier alpha value is -3.72. The van der Waals surface area contributed by atoms with Gasteiger partial charge in [0.2, 0.25) is 5.13 Å². The molecule has 4 aromatic rings. The van der Waals surface area contributed by atoms with E-state index in [2.05, 4.69) is 13.8 Å². The topological polar surface area (TPSA) is 86.6 Å². The molecule has 0 unspecified atom stereocenters. The minimum atomic E-state index is -0.495. The molecule has 182 valence electrons. The molecule has 9 heteroatoms. The van der Waals surface area contributed by atoms with Crippen LogP contribution in [-0.4, -0.2) is 59.4 Å². The zero-order chi connectivity index (χ0) is 25.3. The summed E-state index contributed by atoms with van der Waals surface area (Å²) in [7, 11) is 4.49. The first-order valence-corrected chi connectivity index (χ1v) is 12.0. The summed E-state index contributed by atoms with van der Waals surface area (Å²) in [5.74, 6) is 0.135. The summed E-state index contributed by atoms with van der Waals surface area (Å²) in [5, 5.41) is 6.06. The van der Waals surface area contributed by atoms with Crippen molar-refractivity contribution in [2.45, 2.75) is 26.7 Å². The van der Waals surface area contributed by atoms with Gasteiger partial charge in [-0.15, -0.1) is 0 Å². The number of aryl methyl sites for hydroxylation is 1. The highest BCUT2D eigenvalue weighted by Crippen LogP contribution is 2.37. The highest BCUT2D eigenvalue weighted by Gasteiger charge is 2.25. The maximum atomic E-state index is 13.2. The van der Waals surface area contributed by atoms with E-state index in [0.29, 0.717) is 10.5 Å². The van der Waals surface area contributed by atoms with Crippen LogP contribution >= 0.6 is 11.3 Å². The maximum Gasteiger partial charge on any atom is 0.325 e. The summed E-state index contributed by atoms with van der Waals surface area (Å²) < 4.78 is 11.8. The van der Waals surface area contributed by atoms with Crippen molar-refractivity contribution >= 4 is 34.1 Å². The molecule has 1 amide bonds. The number of methoxy groups -OCH3 is 2. The van der Waals surface area contributed by atoms with Gasteiger partial charge in [-0.25, -0.2) is 9.67 Å². The van der Waals surface area contributed by atoms with Crippen LogP contribution in [0.5, 0.6) is 5.75 Å². The number of ether oxygens (including phenoxy) is 2. The Morgan fingerprint density at radius 2 is 1.91 bits per heavy atom. The van der Waals surface area contributed by atoms with Crippen LogP contribution in [0.4, 0.5) is 0 Å². The van der Waals surface area contributed by atoms with Crippen molar-refractivity contribution in [2.24, 2.45) is 0 Å². The number of esters is 1. The summed E-state index contributed by atoms with van der Waals surface area (Å²) in [5.41, 5.74) is 3.86. The fourth-order valence-electron chi connectivity index (χ4n) is 3.83. The Morgan fingerprint density at radius 3 is 2.60 bits per heavy atom. The van der Waals surface area contributed by atoms with E-state index >= 15 is 0 Å². The molecule has 2 aromatic carbocycles. The summed E-state index contributed by atoms with van der Waals surface area (Å²) in [6.07, 6.45) is 0. The standard InChI is InChI=1S/C26H28N4O4S/c1-15(2)24-22(17-8-7-9-18(13-17)33-5)27-26(35-24)30-20-11-10-16(3)12-19(20)23(28-30)25(32)29(4)14-21(31)34-6/h7-13,15H,14H2,1-6H3. The average molecular weight is 493 g/mol. The Balaban J connectivity index is 1.86. The molecular formula is C26H28N4O4S. The Kier molecular flexibility index (Phi) is 6.88. The number of aromatic nitrogens is 3. The van der Waals surface area contributed by atoms with Crippen LogP contribution in [-0.2, 0) is 9.53 Å². The Labute approximate surface area is 208 Å². The van der Waals surface area contributed by atoms with Crippen molar-refractivity contribution in [3.8, 4) is 22.1 Å². The number of hydrogen-bond donors (Lipinski definition) is 0. The van der Waals surface area contributed by atoms with Crippen molar-refractivity contribution < 1.29 is 19.1 Å². The molecule has 4 rings (SSSR count). The lowest BCUT2D eigenvalue weighted by Crippen LogP contribution is -2.33. The summed E-state index contributed by atoms with van der Waals surface area (Å²) in [6.45, 7) is 6.05. The third kappa shape index (κ3) is 4.77. The van der Waals surface area contributed by atoms with Crippen molar-refractivity contribution in [3.63, 3.8) is 0 Å². The number of likely N-dealkylation sites (N-methyl/N-ethyl adjacent to an activating group) is 1. The fourth-order valence-corrected chi connectivity index (χ4v) is 4.88. The normalized spacial score (nSPS) is 11.2. The van der Waals surface area contributed by atoms with Gasteiger partial charge in [0.15, 0.2) is 5.69 Å². The van der Waals surface area contributed by atoms with Crippen LogP contribution in [0.1, 0.15) is 40.7 Å². The molecule has 0 aliphatic carbocycles. The third-order valence-electron chi connectivity index (χ3n) is 5.67. The van der Waals surface area contributed by atoms with Gasteiger partial charge in [0.05, 0.1) is 25.4 Å². The van der Waals surface area contributed by atoms with E-state index in [4.69, 9.17) is 19.6 Å². The zero-order valence-corrected chi connectivity index (χ0v) is 21.5. The number of nitrogens with zero attached hydrogens (tertiary/aromatic N) is 4. The first kappa shape index (κ1) is 24.4. The lowest BCUT2D eigenvalue weighted by atomic mass is 10.1. The molecule has 8 nitrogen and oxygen atoms in total. The van der Waals surface area contributed by atoms with Crippen molar-refractivity contribution in [1.82, 2.24) is 19.7 Å². The van der Waals surface area contributed by atoms with E-state index in [0.717, 1.165) is 33.0 Å². The SMILES string of the molecule is COC(=O)CN(C)C(=O)c1nn(-c2nc(-c3cccc(OC)c3)c(C(C)C)s2)c2ccc(C)cc12. The summed E-state index contributed by atoms with van der Waals surface area (Å²) in [4.78, 5) is 32.4. The van der Waals surface area contributed by atoms with Crippen molar-refractivity contribution in [1.29, 1.82) is 0 Å². The van der Waals surface area contributed by atoms with Crippen LogP contribution in [0.25, 0.3) is 27.3 Å². The fraction of sp³-hybridized carbons (Fsp3) is 0.308. The van der Waals surface area contributed by atoms with Gasteiger partial charge in [-0.3, -0.25) is 9.59 Å². The van der Waals surface area contributed by atoms with Crippen LogP contribution < -0.4 is 4.74 Å². The highest BCUT2D eigenvalue weighted by atomic mass is 32.1. The average Bonchev–Trinajstić information content (AvgIpc) is 3.45. The second kappa shape index (κ2) is 9.87. The molecule has 0 saturated carbocycles. The first-order valence-electron chi connectivity index (χ1n) is 11.2. The molecule has 0 fully saturated rings. The van der Waals surface area contributed by atoms with Gasteiger partial charge in [0, 0.05) is 22.9 Å². The molecular weight excluding hydrogens is 464 g/mol. The van der Waals surface area contributed by atoms with Gasteiger partial charge >= 0.3 is 5.97 Å². The number of thiazole rings is 1. The number of fused-ring (bicyclic) bond motifs is 1. The molecule has 0 N–H and O–H groups in total. The number of hydrogen-bond acceptors (Lipinski definition) is 7. The van der Waals surface area contributed by atoms with E-state index in [1.54, 1.807) is 30.2 Å². The van der Waals surface area contributed by atoms with Gasteiger partial charge < -0.3 is 14.4 Å². The first-order chi connectivity index (χ1) is 16.7. The summed E-state index contributed by atoms with van der Waals surface area (Å²) >= 11 is 1.55. The third-order valence-corrected chi connectivity index (χ3v) is 7.00. The molecule has 0 atom stereocenters. The van der Waals surface area contributed by atoms with E-state index in [9.17, 15) is 9.59 Å². The largest absolute Gasteiger partial charge is 0.497 e. The number of benzene rings is 2. The van der Waals surface area contributed by atoms with Crippen LogP contribution in [0, 0.1) is 6.92 Å². The molecule has 0 aliphatic heterocycles.